The molecule has 1 amide bonds. The van der Waals surface area contributed by atoms with Gasteiger partial charge < -0.3 is 14.4 Å². The highest BCUT2D eigenvalue weighted by molar-refractivity contribution is 9.10. The van der Waals surface area contributed by atoms with E-state index in [1.807, 2.05) is 6.08 Å². The minimum atomic E-state index is -2.59. The van der Waals surface area contributed by atoms with Crippen molar-refractivity contribution in [2.45, 2.75) is 19.8 Å². The molecule has 0 saturated carbocycles. The van der Waals surface area contributed by atoms with Crippen molar-refractivity contribution in [3.05, 3.63) is 34.3 Å². The number of amides is 1. The third-order valence-corrected chi connectivity index (χ3v) is 4.18. The lowest BCUT2D eigenvalue weighted by Crippen LogP contribution is -2.39. The average molecular weight is 390 g/mol. The zero-order chi connectivity index (χ0) is 17.0. The summed E-state index contributed by atoms with van der Waals surface area (Å²) in [5.74, 6) is 0.00832. The first-order valence-electron chi connectivity index (χ1n) is 7.15. The largest absolute Gasteiger partial charge is 0.468 e. The highest BCUT2D eigenvalue weighted by atomic mass is 79.9. The fourth-order valence-corrected chi connectivity index (χ4v) is 2.95. The molecule has 0 radical (unpaired) electrons. The zero-order valence-corrected chi connectivity index (χ0v) is 14.5. The quantitative estimate of drug-likeness (QED) is 0.692. The van der Waals surface area contributed by atoms with E-state index in [0.29, 0.717) is 27.9 Å². The number of nitrogens with zero attached hydrogens (tertiary/aromatic N) is 1. The van der Waals surface area contributed by atoms with E-state index in [2.05, 4.69) is 15.9 Å². The Bertz CT molecular complexity index is 607. The molecule has 126 valence electrons. The summed E-state index contributed by atoms with van der Waals surface area (Å²) in [6, 6.07) is 5.17. The second kappa shape index (κ2) is 7.88. The number of carbonyl (C=O) groups is 1. The molecule has 1 aromatic carbocycles. The van der Waals surface area contributed by atoms with Crippen LogP contribution in [-0.2, 0) is 9.53 Å². The predicted molar refractivity (Wildman–Crippen MR) is 86.1 cm³/mol. The van der Waals surface area contributed by atoms with Crippen molar-refractivity contribution in [3.63, 3.8) is 0 Å². The van der Waals surface area contributed by atoms with Gasteiger partial charge in [0, 0.05) is 28.8 Å². The van der Waals surface area contributed by atoms with Crippen LogP contribution >= 0.6 is 15.9 Å². The van der Waals surface area contributed by atoms with Gasteiger partial charge in [-0.2, -0.15) is 0 Å². The van der Waals surface area contributed by atoms with E-state index in [1.54, 1.807) is 25.1 Å². The molecule has 0 N–H and O–H groups in total. The Kier molecular flexibility index (Phi) is 6.12. The van der Waals surface area contributed by atoms with Crippen LogP contribution in [0.4, 0.5) is 8.78 Å². The number of alkyl halides is 2. The number of ether oxygens (including phenoxy) is 2. The molecule has 23 heavy (non-hydrogen) atoms. The Morgan fingerprint density at radius 1 is 1.43 bits per heavy atom. The van der Waals surface area contributed by atoms with E-state index in [-0.39, 0.29) is 18.6 Å². The van der Waals surface area contributed by atoms with Crippen molar-refractivity contribution in [2.75, 3.05) is 20.4 Å². The van der Waals surface area contributed by atoms with E-state index < -0.39 is 13.0 Å². The molecule has 1 aliphatic heterocycles. The molecule has 0 spiro atoms. The molecule has 0 fully saturated rings. The van der Waals surface area contributed by atoms with Crippen molar-refractivity contribution < 1.29 is 23.0 Å². The molecule has 1 aromatic rings. The van der Waals surface area contributed by atoms with Crippen LogP contribution in [0.2, 0.25) is 0 Å². The molecule has 0 aliphatic carbocycles. The minimum absolute atomic E-state index is 0.113. The number of rotatable bonds is 6. The molecule has 1 heterocycles. The maximum atomic E-state index is 12.8. The second-order valence-electron chi connectivity index (χ2n) is 5.26. The van der Waals surface area contributed by atoms with Crippen molar-refractivity contribution >= 4 is 27.5 Å². The third-order valence-electron chi connectivity index (χ3n) is 3.52. The van der Waals surface area contributed by atoms with Crippen molar-refractivity contribution in [2.24, 2.45) is 5.92 Å². The SMILES string of the molecule is COCOc1ccc(C2=CCC(C)C(=O)N2CC(F)F)c(Br)c1. The fourth-order valence-electron chi connectivity index (χ4n) is 2.39. The first-order chi connectivity index (χ1) is 10.9. The lowest BCUT2D eigenvalue weighted by Gasteiger charge is -2.32. The Labute approximate surface area is 142 Å². The molecular weight excluding hydrogens is 372 g/mol. The molecule has 0 aromatic heterocycles. The number of hydrogen-bond donors (Lipinski definition) is 0. The molecule has 4 nitrogen and oxygen atoms in total. The lowest BCUT2D eigenvalue weighted by molar-refractivity contribution is -0.133. The summed E-state index contributed by atoms with van der Waals surface area (Å²) >= 11 is 3.42. The standard InChI is InChI=1S/C16H18BrF2NO3/c1-10-3-6-14(20(16(10)21)8-15(18)19)12-5-4-11(7-13(12)17)23-9-22-2/h4-7,10,15H,3,8-9H2,1-2H3. The summed E-state index contributed by atoms with van der Waals surface area (Å²) in [6.45, 7) is 1.25. The molecule has 1 unspecified atom stereocenters. The van der Waals surface area contributed by atoms with Crippen LogP contribution in [-0.4, -0.2) is 37.7 Å². The van der Waals surface area contributed by atoms with Gasteiger partial charge in [0.05, 0.1) is 6.54 Å². The van der Waals surface area contributed by atoms with Gasteiger partial charge in [-0.15, -0.1) is 0 Å². The third kappa shape index (κ3) is 4.29. The highest BCUT2D eigenvalue weighted by Gasteiger charge is 2.30. The zero-order valence-electron chi connectivity index (χ0n) is 12.9. The Balaban J connectivity index is 2.32. The van der Waals surface area contributed by atoms with Gasteiger partial charge in [0.1, 0.15) is 5.75 Å². The molecular formula is C16H18BrF2NO3. The predicted octanol–water partition coefficient (Wildman–Crippen LogP) is 3.91. The van der Waals surface area contributed by atoms with Gasteiger partial charge in [0.2, 0.25) is 5.91 Å². The first kappa shape index (κ1) is 17.9. The van der Waals surface area contributed by atoms with E-state index >= 15 is 0 Å². The number of methoxy groups -OCH3 is 1. The minimum Gasteiger partial charge on any atom is -0.468 e. The molecule has 1 aliphatic rings. The Hall–Kier alpha value is -1.47. The van der Waals surface area contributed by atoms with Gasteiger partial charge in [-0.25, -0.2) is 8.78 Å². The van der Waals surface area contributed by atoms with E-state index in [4.69, 9.17) is 9.47 Å². The summed E-state index contributed by atoms with van der Waals surface area (Å²) in [4.78, 5) is 13.4. The molecule has 0 bridgehead atoms. The molecule has 7 heteroatoms. The molecule has 0 saturated heterocycles. The maximum absolute atomic E-state index is 12.8. The maximum Gasteiger partial charge on any atom is 0.256 e. The second-order valence-corrected chi connectivity index (χ2v) is 6.11. The van der Waals surface area contributed by atoms with Crippen molar-refractivity contribution in [1.29, 1.82) is 0 Å². The van der Waals surface area contributed by atoms with Crippen LogP contribution < -0.4 is 4.74 Å². The van der Waals surface area contributed by atoms with Gasteiger partial charge in [-0.05, 0) is 40.5 Å². The summed E-state index contributed by atoms with van der Waals surface area (Å²) in [5, 5.41) is 0. The number of carbonyl (C=O) groups excluding carboxylic acids is 1. The van der Waals surface area contributed by atoms with Crippen LogP contribution in [0, 0.1) is 5.92 Å². The van der Waals surface area contributed by atoms with Gasteiger partial charge in [-0.1, -0.05) is 13.0 Å². The van der Waals surface area contributed by atoms with E-state index in [1.165, 1.54) is 7.11 Å². The van der Waals surface area contributed by atoms with Crippen LogP contribution in [0.5, 0.6) is 5.75 Å². The van der Waals surface area contributed by atoms with Crippen LogP contribution in [0.15, 0.2) is 28.7 Å². The van der Waals surface area contributed by atoms with Crippen LogP contribution in [0.25, 0.3) is 5.70 Å². The first-order valence-corrected chi connectivity index (χ1v) is 7.94. The summed E-state index contributed by atoms with van der Waals surface area (Å²) in [7, 11) is 1.52. The van der Waals surface area contributed by atoms with Gasteiger partial charge >= 0.3 is 0 Å². The average Bonchev–Trinajstić information content (AvgIpc) is 2.50. The van der Waals surface area contributed by atoms with E-state index in [9.17, 15) is 13.6 Å². The number of benzene rings is 1. The molecule has 2 rings (SSSR count). The van der Waals surface area contributed by atoms with Gasteiger partial charge in [-0.3, -0.25) is 4.79 Å². The van der Waals surface area contributed by atoms with Gasteiger partial charge in [0.25, 0.3) is 6.43 Å². The van der Waals surface area contributed by atoms with Crippen molar-refractivity contribution in [1.82, 2.24) is 4.90 Å². The molecule has 1 atom stereocenters. The fraction of sp³-hybridized carbons (Fsp3) is 0.438. The van der Waals surface area contributed by atoms with Crippen molar-refractivity contribution in [3.8, 4) is 5.75 Å². The summed E-state index contributed by atoms with van der Waals surface area (Å²) in [6.07, 6.45) is -0.234. The van der Waals surface area contributed by atoms with Crippen LogP contribution in [0.1, 0.15) is 18.9 Å². The monoisotopic (exact) mass is 389 g/mol. The summed E-state index contributed by atoms with van der Waals surface area (Å²) < 4.78 is 36.5. The van der Waals surface area contributed by atoms with E-state index in [0.717, 1.165) is 4.90 Å². The number of allylic oxidation sites excluding steroid dienone is 1. The topological polar surface area (TPSA) is 38.8 Å². The number of hydrogen-bond acceptors (Lipinski definition) is 3. The van der Waals surface area contributed by atoms with Crippen LogP contribution in [0.3, 0.4) is 0 Å². The Morgan fingerprint density at radius 3 is 2.78 bits per heavy atom. The smallest absolute Gasteiger partial charge is 0.256 e. The normalized spacial score (nSPS) is 18.3. The van der Waals surface area contributed by atoms with Gasteiger partial charge in [0.15, 0.2) is 6.79 Å². The lowest BCUT2D eigenvalue weighted by atomic mass is 9.97. The summed E-state index contributed by atoms with van der Waals surface area (Å²) in [5.41, 5.74) is 1.18. The highest BCUT2D eigenvalue weighted by Crippen LogP contribution is 2.34. The number of halogens is 3. The Morgan fingerprint density at radius 2 is 2.17 bits per heavy atom.